The minimum atomic E-state index is -4.38. The van der Waals surface area contributed by atoms with E-state index in [1.54, 1.807) is 0 Å². The Bertz CT molecular complexity index is 884. The topological polar surface area (TPSA) is 134 Å². The van der Waals surface area contributed by atoms with Crippen molar-refractivity contribution in [1.82, 2.24) is 0 Å². The van der Waals surface area contributed by atoms with Crippen LogP contribution >= 0.6 is 7.82 Å². The van der Waals surface area contributed by atoms with Crippen LogP contribution in [0.25, 0.3) is 0 Å². The number of rotatable bonds is 40. The molecular weight excluding hydrogens is 665 g/mol. The highest BCUT2D eigenvalue weighted by Gasteiger charge is 2.26. The van der Waals surface area contributed by atoms with Gasteiger partial charge in [-0.3, -0.25) is 18.6 Å². The minimum absolute atomic E-state index is 0.0512. The van der Waals surface area contributed by atoms with Crippen molar-refractivity contribution in [2.75, 3.05) is 26.4 Å². The Morgan fingerprint density at radius 1 is 0.627 bits per heavy atom. The van der Waals surface area contributed by atoms with Crippen LogP contribution in [0.5, 0.6) is 0 Å². The fourth-order valence-corrected chi connectivity index (χ4v) is 6.61. The number of phosphoric ester groups is 1. The van der Waals surface area contributed by atoms with Crippen LogP contribution in [-0.4, -0.2) is 49.3 Å². The SMILES string of the molecule is C=CCCCCCCCCCCCCCCCC(=O)OC[C@H](COP(=O)(O)OCCN)OC(=O)CCCC/C=C/CCCCCCCCCCC. The van der Waals surface area contributed by atoms with Crippen LogP contribution in [0.1, 0.15) is 193 Å². The molecule has 0 heterocycles. The van der Waals surface area contributed by atoms with E-state index in [0.29, 0.717) is 6.42 Å². The summed E-state index contributed by atoms with van der Waals surface area (Å²) in [6, 6.07) is 0. The molecular formula is C41H78NO8P. The van der Waals surface area contributed by atoms with E-state index in [2.05, 4.69) is 25.7 Å². The lowest BCUT2D eigenvalue weighted by Gasteiger charge is -2.19. The number of unbranched alkanes of at least 4 members (excludes halogenated alkanes) is 24. The molecule has 0 aromatic carbocycles. The van der Waals surface area contributed by atoms with Gasteiger partial charge >= 0.3 is 19.8 Å². The number of esters is 2. The van der Waals surface area contributed by atoms with Gasteiger partial charge in [0, 0.05) is 19.4 Å². The molecule has 9 nitrogen and oxygen atoms in total. The van der Waals surface area contributed by atoms with Gasteiger partial charge in [-0.25, -0.2) is 4.57 Å². The summed E-state index contributed by atoms with van der Waals surface area (Å²) in [6.07, 6.45) is 38.2. The molecule has 0 bridgehead atoms. The van der Waals surface area contributed by atoms with E-state index in [-0.39, 0.29) is 38.6 Å². The average molecular weight is 744 g/mol. The molecule has 300 valence electrons. The third-order valence-electron chi connectivity index (χ3n) is 8.96. The first kappa shape index (κ1) is 49.5. The quantitative estimate of drug-likeness (QED) is 0.0272. The minimum Gasteiger partial charge on any atom is -0.462 e. The molecule has 0 radical (unpaired) electrons. The second kappa shape index (κ2) is 38.2. The summed E-state index contributed by atoms with van der Waals surface area (Å²) in [5.41, 5.74) is 5.34. The molecule has 0 saturated carbocycles. The summed E-state index contributed by atoms with van der Waals surface area (Å²) in [5, 5.41) is 0. The van der Waals surface area contributed by atoms with Crippen molar-refractivity contribution < 1.29 is 37.6 Å². The van der Waals surface area contributed by atoms with E-state index in [1.807, 2.05) is 6.08 Å². The number of ether oxygens (including phenoxy) is 2. The first-order valence-electron chi connectivity index (χ1n) is 20.8. The van der Waals surface area contributed by atoms with Gasteiger partial charge in [0.1, 0.15) is 6.61 Å². The second-order valence-electron chi connectivity index (χ2n) is 13.9. The van der Waals surface area contributed by atoms with Crippen molar-refractivity contribution in [3.8, 4) is 0 Å². The maximum atomic E-state index is 12.5. The molecule has 0 aliphatic rings. The summed E-state index contributed by atoms with van der Waals surface area (Å²) < 4.78 is 32.7. The summed E-state index contributed by atoms with van der Waals surface area (Å²) in [4.78, 5) is 34.8. The molecule has 0 aliphatic carbocycles. The Hall–Kier alpha value is -1.51. The molecule has 0 aliphatic heterocycles. The molecule has 1 unspecified atom stereocenters. The first-order chi connectivity index (χ1) is 24.8. The molecule has 0 fully saturated rings. The van der Waals surface area contributed by atoms with Gasteiger partial charge in [0.05, 0.1) is 13.2 Å². The van der Waals surface area contributed by atoms with Crippen LogP contribution in [-0.2, 0) is 32.7 Å². The maximum Gasteiger partial charge on any atom is 0.472 e. The fourth-order valence-electron chi connectivity index (χ4n) is 5.84. The fraction of sp³-hybridized carbons (Fsp3) is 0.854. The Morgan fingerprint density at radius 3 is 1.57 bits per heavy atom. The number of allylic oxidation sites excluding steroid dienone is 3. The highest BCUT2D eigenvalue weighted by atomic mass is 31.2. The van der Waals surface area contributed by atoms with Gasteiger partial charge in [-0.2, -0.15) is 0 Å². The predicted octanol–water partition coefficient (Wildman–Crippen LogP) is 11.6. The summed E-state index contributed by atoms with van der Waals surface area (Å²) in [5.74, 6) is -0.852. The van der Waals surface area contributed by atoms with Crippen molar-refractivity contribution in [2.24, 2.45) is 5.73 Å². The van der Waals surface area contributed by atoms with E-state index in [4.69, 9.17) is 24.3 Å². The number of carbonyl (C=O) groups excluding carboxylic acids is 2. The van der Waals surface area contributed by atoms with Gasteiger partial charge in [-0.1, -0.05) is 147 Å². The highest BCUT2D eigenvalue weighted by molar-refractivity contribution is 7.47. The summed E-state index contributed by atoms with van der Waals surface area (Å²) in [7, 11) is -4.38. The van der Waals surface area contributed by atoms with Gasteiger partial charge in [-0.15, -0.1) is 6.58 Å². The lowest BCUT2D eigenvalue weighted by molar-refractivity contribution is -0.161. The molecule has 0 amide bonds. The van der Waals surface area contributed by atoms with Crippen LogP contribution in [0.4, 0.5) is 0 Å². The maximum absolute atomic E-state index is 12.5. The van der Waals surface area contributed by atoms with Gasteiger partial charge < -0.3 is 20.1 Å². The van der Waals surface area contributed by atoms with Crippen LogP contribution in [0.2, 0.25) is 0 Å². The number of carbonyl (C=O) groups is 2. The average Bonchev–Trinajstić information content (AvgIpc) is 3.11. The Morgan fingerprint density at radius 2 is 1.06 bits per heavy atom. The van der Waals surface area contributed by atoms with Crippen molar-refractivity contribution in [3.63, 3.8) is 0 Å². The zero-order valence-corrected chi connectivity index (χ0v) is 33.6. The summed E-state index contributed by atoms with van der Waals surface area (Å²) in [6.45, 7) is 5.23. The van der Waals surface area contributed by atoms with E-state index in [9.17, 15) is 19.0 Å². The van der Waals surface area contributed by atoms with E-state index in [1.165, 1.54) is 122 Å². The molecule has 10 heteroatoms. The Labute approximate surface area is 312 Å². The third-order valence-corrected chi connectivity index (χ3v) is 9.94. The standard InChI is InChI=1S/C41H78NO8P/c1-3-5-7-9-11-13-15-17-19-21-23-25-27-29-31-33-40(43)47-37-39(38-49-51(45,46)48-36-35-42)50-41(44)34-32-30-28-26-24-22-20-18-16-14-12-10-8-6-4-2/h3,24,26,39H,1,4-23,25,27-38,42H2,2H3,(H,45,46)/b26-24+/t39-/m1/s1. The van der Waals surface area contributed by atoms with Gasteiger partial charge in [0.2, 0.25) is 0 Å². The van der Waals surface area contributed by atoms with Gasteiger partial charge in [0.25, 0.3) is 0 Å². The number of hydrogen-bond donors (Lipinski definition) is 2. The van der Waals surface area contributed by atoms with Gasteiger partial charge in [-0.05, 0) is 51.4 Å². The zero-order valence-electron chi connectivity index (χ0n) is 32.7. The lowest BCUT2D eigenvalue weighted by atomic mass is 10.0. The van der Waals surface area contributed by atoms with Crippen molar-refractivity contribution in [2.45, 2.75) is 199 Å². The van der Waals surface area contributed by atoms with Crippen LogP contribution in [0.15, 0.2) is 24.8 Å². The molecule has 0 aromatic heterocycles. The normalized spacial score (nSPS) is 13.3. The third kappa shape index (κ3) is 38.0. The monoisotopic (exact) mass is 744 g/mol. The van der Waals surface area contributed by atoms with Gasteiger partial charge in [0.15, 0.2) is 6.10 Å². The van der Waals surface area contributed by atoms with Crippen molar-refractivity contribution >= 4 is 19.8 Å². The Kier molecular flexibility index (Phi) is 37.1. The predicted molar refractivity (Wildman–Crippen MR) is 211 cm³/mol. The zero-order chi connectivity index (χ0) is 37.5. The molecule has 0 spiro atoms. The van der Waals surface area contributed by atoms with E-state index >= 15 is 0 Å². The molecule has 0 rings (SSSR count). The summed E-state index contributed by atoms with van der Waals surface area (Å²) >= 11 is 0. The lowest BCUT2D eigenvalue weighted by Crippen LogP contribution is -2.29. The van der Waals surface area contributed by atoms with Crippen LogP contribution in [0, 0.1) is 0 Å². The molecule has 2 atom stereocenters. The van der Waals surface area contributed by atoms with Crippen molar-refractivity contribution in [1.29, 1.82) is 0 Å². The van der Waals surface area contributed by atoms with E-state index < -0.39 is 26.5 Å². The Balaban J connectivity index is 4.17. The van der Waals surface area contributed by atoms with Crippen molar-refractivity contribution in [3.05, 3.63) is 24.8 Å². The smallest absolute Gasteiger partial charge is 0.462 e. The van der Waals surface area contributed by atoms with Crippen LogP contribution < -0.4 is 5.73 Å². The molecule has 0 aromatic rings. The second-order valence-corrected chi connectivity index (χ2v) is 15.4. The number of hydrogen-bond acceptors (Lipinski definition) is 8. The first-order valence-corrected chi connectivity index (χ1v) is 22.3. The van der Waals surface area contributed by atoms with Crippen LogP contribution in [0.3, 0.4) is 0 Å². The van der Waals surface area contributed by atoms with E-state index in [0.717, 1.165) is 44.9 Å². The number of phosphoric acid groups is 1. The molecule has 0 saturated heterocycles. The molecule has 51 heavy (non-hydrogen) atoms. The highest BCUT2D eigenvalue weighted by Crippen LogP contribution is 2.43. The largest absolute Gasteiger partial charge is 0.472 e. The molecule has 3 N–H and O–H groups in total. The number of nitrogens with two attached hydrogens (primary N) is 1.